The molecule has 0 bridgehead atoms. The minimum Gasteiger partial charge on any atom is -0.314 e. The Morgan fingerprint density at radius 3 is 2.25 bits per heavy atom. The third-order valence-corrected chi connectivity index (χ3v) is 7.36. The molecule has 1 aliphatic carbocycles. The lowest BCUT2D eigenvalue weighted by Crippen LogP contribution is -2.42. The molecule has 2 fully saturated rings. The van der Waals surface area contributed by atoms with Crippen LogP contribution in [-0.2, 0) is 23.1 Å². The van der Waals surface area contributed by atoms with E-state index in [0.717, 1.165) is 56.7 Å². The van der Waals surface area contributed by atoms with Crippen molar-refractivity contribution in [3.63, 3.8) is 0 Å². The lowest BCUT2D eigenvalue weighted by Gasteiger charge is -2.27. The van der Waals surface area contributed by atoms with Crippen molar-refractivity contribution in [3.8, 4) is 0 Å². The van der Waals surface area contributed by atoms with Gasteiger partial charge in [-0.05, 0) is 42.0 Å². The standard InChI is InChI=1S/C22H29N3O2S/c26-28(27,25(18-21-6-7-21)17-19-4-2-1-3-5-19)22-10-8-20(9-11-22)16-24-14-12-23-13-15-24/h1-5,8-11,21,23H,6-7,12-18H2. The van der Waals surface area contributed by atoms with Gasteiger partial charge >= 0.3 is 0 Å². The molecule has 1 saturated heterocycles. The number of hydrogen-bond acceptors (Lipinski definition) is 4. The van der Waals surface area contributed by atoms with Crippen molar-refractivity contribution >= 4 is 10.0 Å². The summed E-state index contributed by atoms with van der Waals surface area (Å²) in [5.74, 6) is 0.505. The van der Waals surface area contributed by atoms with Gasteiger partial charge in [-0.1, -0.05) is 42.5 Å². The summed E-state index contributed by atoms with van der Waals surface area (Å²) in [5.41, 5.74) is 2.19. The van der Waals surface area contributed by atoms with Crippen LogP contribution in [0.3, 0.4) is 0 Å². The van der Waals surface area contributed by atoms with E-state index in [2.05, 4.69) is 10.2 Å². The van der Waals surface area contributed by atoms with Gasteiger partial charge in [0.2, 0.25) is 10.0 Å². The fraction of sp³-hybridized carbons (Fsp3) is 0.455. The van der Waals surface area contributed by atoms with E-state index in [-0.39, 0.29) is 0 Å². The first-order chi connectivity index (χ1) is 13.6. The van der Waals surface area contributed by atoms with Crippen LogP contribution in [0.1, 0.15) is 24.0 Å². The molecule has 1 saturated carbocycles. The zero-order chi connectivity index (χ0) is 19.4. The molecule has 28 heavy (non-hydrogen) atoms. The van der Waals surface area contributed by atoms with Gasteiger partial charge < -0.3 is 5.32 Å². The molecule has 0 amide bonds. The third-order valence-electron chi connectivity index (χ3n) is 5.54. The lowest BCUT2D eigenvalue weighted by molar-refractivity contribution is 0.233. The van der Waals surface area contributed by atoms with E-state index in [4.69, 9.17) is 0 Å². The van der Waals surface area contributed by atoms with Gasteiger partial charge in [0.15, 0.2) is 0 Å². The summed E-state index contributed by atoms with van der Waals surface area (Å²) in [5, 5.41) is 3.36. The number of piperazine rings is 1. The molecule has 1 N–H and O–H groups in total. The molecule has 0 aromatic heterocycles. The van der Waals surface area contributed by atoms with E-state index in [1.54, 1.807) is 16.4 Å². The number of nitrogens with one attached hydrogen (secondary N) is 1. The fourth-order valence-corrected chi connectivity index (χ4v) is 5.17. The summed E-state index contributed by atoms with van der Waals surface area (Å²) in [6.07, 6.45) is 2.26. The maximum atomic E-state index is 13.3. The molecule has 0 spiro atoms. The van der Waals surface area contributed by atoms with Gasteiger partial charge in [0.05, 0.1) is 4.90 Å². The Balaban J connectivity index is 1.49. The maximum absolute atomic E-state index is 13.3. The Morgan fingerprint density at radius 2 is 1.61 bits per heavy atom. The predicted octanol–water partition coefficient (Wildman–Crippen LogP) is 2.69. The van der Waals surface area contributed by atoms with E-state index < -0.39 is 10.0 Å². The molecule has 0 atom stereocenters. The molecular weight excluding hydrogens is 370 g/mol. The highest BCUT2D eigenvalue weighted by molar-refractivity contribution is 7.89. The smallest absolute Gasteiger partial charge is 0.243 e. The molecule has 2 aliphatic rings. The second kappa shape index (κ2) is 8.74. The molecule has 2 aromatic carbocycles. The predicted molar refractivity (Wildman–Crippen MR) is 111 cm³/mol. The van der Waals surface area contributed by atoms with Crippen LogP contribution >= 0.6 is 0 Å². The Bertz CT molecular complexity index is 858. The van der Waals surface area contributed by atoms with Gasteiger partial charge in [0.1, 0.15) is 0 Å². The van der Waals surface area contributed by atoms with Crippen LogP contribution in [0.15, 0.2) is 59.5 Å². The molecule has 1 heterocycles. The number of benzene rings is 2. The molecule has 1 aliphatic heterocycles. The van der Waals surface area contributed by atoms with Gasteiger partial charge in [-0.2, -0.15) is 4.31 Å². The van der Waals surface area contributed by atoms with E-state index in [1.807, 2.05) is 42.5 Å². The van der Waals surface area contributed by atoms with Crippen LogP contribution in [0.5, 0.6) is 0 Å². The highest BCUT2D eigenvalue weighted by Crippen LogP contribution is 2.32. The molecule has 2 aromatic rings. The number of nitrogens with zero attached hydrogens (tertiary/aromatic N) is 2. The fourth-order valence-electron chi connectivity index (χ4n) is 3.67. The van der Waals surface area contributed by atoms with Crippen LogP contribution < -0.4 is 5.32 Å². The Hall–Kier alpha value is -1.73. The Labute approximate surface area is 168 Å². The van der Waals surface area contributed by atoms with E-state index in [1.165, 1.54) is 0 Å². The molecular formula is C22H29N3O2S. The van der Waals surface area contributed by atoms with E-state index >= 15 is 0 Å². The first-order valence-corrected chi connectivity index (χ1v) is 11.6. The van der Waals surface area contributed by atoms with Crippen molar-refractivity contribution in [2.45, 2.75) is 30.8 Å². The highest BCUT2D eigenvalue weighted by Gasteiger charge is 2.31. The van der Waals surface area contributed by atoms with Crippen molar-refractivity contribution in [3.05, 3.63) is 65.7 Å². The van der Waals surface area contributed by atoms with Crippen LogP contribution in [0.2, 0.25) is 0 Å². The molecule has 0 unspecified atom stereocenters. The topological polar surface area (TPSA) is 52.7 Å². The number of sulfonamides is 1. The third kappa shape index (κ3) is 5.00. The lowest BCUT2D eigenvalue weighted by atomic mass is 10.2. The SMILES string of the molecule is O=S(=O)(c1ccc(CN2CCNCC2)cc1)N(Cc1ccccc1)CC1CC1. The number of rotatable bonds is 8. The first kappa shape index (κ1) is 19.6. The minimum atomic E-state index is -3.49. The highest BCUT2D eigenvalue weighted by atomic mass is 32.2. The largest absolute Gasteiger partial charge is 0.314 e. The molecule has 0 radical (unpaired) electrons. The van der Waals surface area contributed by atoms with Crippen LogP contribution in [0.4, 0.5) is 0 Å². The molecule has 4 rings (SSSR count). The van der Waals surface area contributed by atoms with Crippen molar-refractivity contribution in [2.75, 3.05) is 32.7 Å². The summed E-state index contributed by atoms with van der Waals surface area (Å²) < 4.78 is 28.3. The monoisotopic (exact) mass is 399 g/mol. The zero-order valence-electron chi connectivity index (χ0n) is 16.3. The summed E-state index contributed by atoms with van der Waals surface area (Å²) in [6, 6.07) is 17.3. The van der Waals surface area contributed by atoms with E-state index in [0.29, 0.717) is 23.9 Å². The number of hydrogen-bond donors (Lipinski definition) is 1. The van der Waals surface area contributed by atoms with Crippen molar-refractivity contribution < 1.29 is 8.42 Å². The minimum absolute atomic E-state index is 0.396. The summed E-state index contributed by atoms with van der Waals surface area (Å²) in [4.78, 5) is 2.79. The normalized spacial score (nSPS) is 18.5. The van der Waals surface area contributed by atoms with Crippen LogP contribution in [0, 0.1) is 5.92 Å². The van der Waals surface area contributed by atoms with Crippen LogP contribution in [-0.4, -0.2) is 50.3 Å². The van der Waals surface area contributed by atoms with Gasteiger partial charge in [-0.15, -0.1) is 0 Å². The van der Waals surface area contributed by atoms with Gasteiger partial charge in [-0.25, -0.2) is 8.42 Å². The molecule has 150 valence electrons. The Kier molecular flexibility index (Phi) is 6.11. The van der Waals surface area contributed by atoms with Crippen molar-refractivity contribution in [1.82, 2.24) is 14.5 Å². The quantitative estimate of drug-likeness (QED) is 0.742. The Morgan fingerprint density at radius 1 is 0.929 bits per heavy atom. The van der Waals surface area contributed by atoms with Crippen LogP contribution in [0.25, 0.3) is 0 Å². The molecule has 5 nitrogen and oxygen atoms in total. The van der Waals surface area contributed by atoms with Crippen molar-refractivity contribution in [2.24, 2.45) is 5.92 Å². The van der Waals surface area contributed by atoms with Gasteiger partial charge in [0.25, 0.3) is 0 Å². The summed E-state index contributed by atoms with van der Waals surface area (Å²) >= 11 is 0. The van der Waals surface area contributed by atoms with E-state index in [9.17, 15) is 8.42 Å². The van der Waals surface area contributed by atoms with Crippen molar-refractivity contribution in [1.29, 1.82) is 0 Å². The summed E-state index contributed by atoms with van der Waals surface area (Å²) in [6.45, 7) is 6.02. The van der Waals surface area contributed by atoms with Gasteiger partial charge in [0, 0.05) is 45.8 Å². The second-order valence-corrected chi connectivity index (χ2v) is 9.83. The summed E-state index contributed by atoms with van der Waals surface area (Å²) in [7, 11) is -3.49. The van der Waals surface area contributed by atoms with Gasteiger partial charge in [-0.3, -0.25) is 4.90 Å². The average molecular weight is 400 g/mol. The molecule has 6 heteroatoms. The zero-order valence-corrected chi connectivity index (χ0v) is 17.1. The first-order valence-electron chi connectivity index (χ1n) is 10.2. The second-order valence-electron chi connectivity index (χ2n) is 7.90. The average Bonchev–Trinajstić information content (AvgIpc) is 3.54. The maximum Gasteiger partial charge on any atom is 0.243 e.